The van der Waals surface area contributed by atoms with Crippen molar-refractivity contribution in [3.63, 3.8) is 0 Å². The maximum atomic E-state index is 12.6. The number of nitrogens with two attached hydrogens (primary N) is 1. The lowest BCUT2D eigenvalue weighted by Crippen LogP contribution is -2.49. The third-order valence-electron chi connectivity index (χ3n) is 3.91. The molecule has 0 aromatic heterocycles. The van der Waals surface area contributed by atoms with Crippen LogP contribution in [-0.4, -0.2) is 38.5 Å². The molecule has 1 aromatic rings. The Balaban J connectivity index is 2.12. The summed E-state index contributed by atoms with van der Waals surface area (Å²) in [6.07, 6.45) is 1.72. The third kappa shape index (κ3) is 3.75. The first-order valence-corrected chi connectivity index (χ1v) is 8.87. The number of hydrogen-bond donors (Lipinski definition) is 1. The van der Waals surface area contributed by atoms with Crippen LogP contribution in [-0.2, 0) is 10.0 Å². The number of rotatable bonds is 5. The summed E-state index contributed by atoms with van der Waals surface area (Å²) in [5.41, 5.74) is 6.00. The topological polar surface area (TPSA) is 72.6 Å². The monoisotopic (exact) mass is 312 g/mol. The number of piperidine rings is 1. The molecule has 21 heavy (non-hydrogen) atoms. The van der Waals surface area contributed by atoms with E-state index in [1.54, 1.807) is 24.3 Å². The lowest BCUT2D eigenvalue weighted by Gasteiger charge is -2.34. The summed E-state index contributed by atoms with van der Waals surface area (Å²) in [6.45, 7) is 5.64. The minimum absolute atomic E-state index is 0.0966. The van der Waals surface area contributed by atoms with Gasteiger partial charge in [0.1, 0.15) is 5.75 Å². The largest absolute Gasteiger partial charge is 0.494 e. The SMILES string of the molecule is CCCOc1ccc(S(=O)(=O)N2CCC(C)C(N)C2)cc1. The molecule has 1 aromatic carbocycles. The van der Waals surface area contributed by atoms with Crippen molar-refractivity contribution in [3.8, 4) is 5.75 Å². The van der Waals surface area contributed by atoms with Crippen LogP contribution in [0.15, 0.2) is 29.2 Å². The van der Waals surface area contributed by atoms with E-state index in [1.165, 1.54) is 4.31 Å². The maximum absolute atomic E-state index is 12.6. The van der Waals surface area contributed by atoms with E-state index in [-0.39, 0.29) is 6.04 Å². The average Bonchev–Trinajstić information content (AvgIpc) is 2.48. The van der Waals surface area contributed by atoms with Crippen molar-refractivity contribution in [2.75, 3.05) is 19.7 Å². The molecule has 2 rings (SSSR count). The van der Waals surface area contributed by atoms with Gasteiger partial charge in [-0.05, 0) is 43.0 Å². The molecule has 2 unspecified atom stereocenters. The normalized spacial score (nSPS) is 24.0. The number of benzene rings is 1. The van der Waals surface area contributed by atoms with Gasteiger partial charge in [0, 0.05) is 19.1 Å². The van der Waals surface area contributed by atoms with E-state index in [1.807, 2.05) is 6.92 Å². The van der Waals surface area contributed by atoms with Gasteiger partial charge >= 0.3 is 0 Å². The predicted molar refractivity (Wildman–Crippen MR) is 82.7 cm³/mol. The van der Waals surface area contributed by atoms with Crippen LogP contribution < -0.4 is 10.5 Å². The molecule has 1 heterocycles. The van der Waals surface area contributed by atoms with E-state index < -0.39 is 10.0 Å². The van der Waals surface area contributed by atoms with Gasteiger partial charge in [0.05, 0.1) is 11.5 Å². The van der Waals surface area contributed by atoms with Gasteiger partial charge in [-0.1, -0.05) is 13.8 Å². The van der Waals surface area contributed by atoms with Crippen molar-refractivity contribution in [1.82, 2.24) is 4.31 Å². The second-order valence-electron chi connectivity index (χ2n) is 5.61. The quantitative estimate of drug-likeness (QED) is 0.900. The van der Waals surface area contributed by atoms with Crippen molar-refractivity contribution in [1.29, 1.82) is 0 Å². The first-order valence-electron chi connectivity index (χ1n) is 7.43. The summed E-state index contributed by atoms with van der Waals surface area (Å²) >= 11 is 0. The molecule has 118 valence electrons. The van der Waals surface area contributed by atoms with Crippen LogP contribution in [0.25, 0.3) is 0 Å². The second kappa shape index (κ2) is 6.77. The Hall–Kier alpha value is -1.11. The summed E-state index contributed by atoms with van der Waals surface area (Å²) in [5, 5.41) is 0. The molecule has 1 aliphatic rings. The molecule has 5 nitrogen and oxygen atoms in total. The molecule has 6 heteroatoms. The highest BCUT2D eigenvalue weighted by molar-refractivity contribution is 7.89. The fourth-order valence-electron chi connectivity index (χ4n) is 2.36. The zero-order valence-corrected chi connectivity index (χ0v) is 13.5. The highest BCUT2D eigenvalue weighted by atomic mass is 32.2. The van der Waals surface area contributed by atoms with Crippen LogP contribution in [0.1, 0.15) is 26.7 Å². The molecule has 1 aliphatic heterocycles. The Morgan fingerprint density at radius 2 is 2.00 bits per heavy atom. The van der Waals surface area contributed by atoms with Gasteiger partial charge in [-0.3, -0.25) is 0 Å². The summed E-state index contributed by atoms with van der Waals surface area (Å²) in [5.74, 6) is 1.06. The van der Waals surface area contributed by atoms with E-state index in [4.69, 9.17) is 10.5 Å². The first kappa shape index (κ1) is 16.3. The van der Waals surface area contributed by atoms with Crippen molar-refractivity contribution in [2.24, 2.45) is 11.7 Å². The van der Waals surface area contributed by atoms with Gasteiger partial charge in [0.15, 0.2) is 0 Å². The van der Waals surface area contributed by atoms with E-state index in [2.05, 4.69) is 6.92 Å². The molecule has 1 fully saturated rings. The van der Waals surface area contributed by atoms with Crippen LogP contribution in [0.5, 0.6) is 5.75 Å². The van der Waals surface area contributed by atoms with Gasteiger partial charge in [0.25, 0.3) is 0 Å². The van der Waals surface area contributed by atoms with Crippen molar-refractivity contribution >= 4 is 10.0 Å². The summed E-state index contributed by atoms with van der Waals surface area (Å²) in [7, 11) is -3.46. The summed E-state index contributed by atoms with van der Waals surface area (Å²) in [6, 6.07) is 6.51. The van der Waals surface area contributed by atoms with Gasteiger partial charge in [-0.2, -0.15) is 4.31 Å². The highest BCUT2D eigenvalue weighted by Crippen LogP contribution is 2.24. The Bertz CT molecular complexity index is 557. The smallest absolute Gasteiger partial charge is 0.243 e. The van der Waals surface area contributed by atoms with Crippen molar-refractivity contribution in [3.05, 3.63) is 24.3 Å². The molecule has 0 aliphatic carbocycles. The first-order chi connectivity index (χ1) is 9.95. The fraction of sp³-hybridized carbons (Fsp3) is 0.600. The molecule has 2 atom stereocenters. The fourth-order valence-corrected chi connectivity index (χ4v) is 3.86. The zero-order chi connectivity index (χ0) is 15.5. The van der Waals surface area contributed by atoms with Crippen LogP contribution in [0.4, 0.5) is 0 Å². The van der Waals surface area contributed by atoms with Crippen LogP contribution >= 0.6 is 0 Å². The van der Waals surface area contributed by atoms with E-state index >= 15 is 0 Å². The molecular weight excluding hydrogens is 288 g/mol. The molecule has 0 radical (unpaired) electrons. The molecule has 1 saturated heterocycles. The highest BCUT2D eigenvalue weighted by Gasteiger charge is 2.31. The lowest BCUT2D eigenvalue weighted by atomic mass is 9.96. The Kier molecular flexibility index (Phi) is 5.24. The van der Waals surface area contributed by atoms with Gasteiger partial charge in [-0.25, -0.2) is 8.42 Å². The maximum Gasteiger partial charge on any atom is 0.243 e. The summed E-state index contributed by atoms with van der Waals surface area (Å²) in [4.78, 5) is 0.299. The molecule has 2 N–H and O–H groups in total. The van der Waals surface area contributed by atoms with Crippen LogP contribution in [0.2, 0.25) is 0 Å². The second-order valence-corrected chi connectivity index (χ2v) is 7.55. The van der Waals surface area contributed by atoms with E-state index in [0.717, 1.165) is 12.8 Å². The minimum Gasteiger partial charge on any atom is -0.494 e. The van der Waals surface area contributed by atoms with Crippen molar-refractivity contribution in [2.45, 2.75) is 37.6 Å². The van der Waals surface area contributed by atoms with Gasteiger partial charge < -0.3 is 10.5 Å². The predicted octanol–water partition coefficient (Wildman–Crippen LogP) is 1.83. The standard InChI is InChI=1S/C15H24N2O3S/c1-3-10-20-13-4-6-14(7-5-13)21(18,19)17-9-8-12(2)15(16)11-17/h4-7,12,15H,3,8-11,16H2,1-2H3. The number of hydrogen-bond acceptors (Lipinski definition) is 4. The third-order valence-corrected chi connectivity index (χ3v) is 5.79. The lowest BCUT2D eigenvalue weighted by molar-refractivity contribution is 0.253. The number of ether oxygens (including phenoxy) is 1. The Morgan fingerprint density at radius 1 is 1.33 bits per heavy atom. The Morgan fingerprint density at radius 3 is 2.57 bits per heavy atom. The summed E-state index contributed by atoms with van der Waals surface area (Å²) < 4.78 is 32.1. The van der Waals surface area contributed by atoms with Gasteiger partial charge in [0.2, 0.25) is 10.0 Å². The molecular formula is C15H24N2O3S. The number of nitrogens with zero attached hydrogens (tertiary/aromatic N) is 1. The molecule has 0 spiro atoms. The molecule has 0 bridgehead atoms. The molecule has 0 saturated carbocycles. The van der Waals surface area contributed by atoms with E-state index in [0.29, 0.717) is 36.3 Å². The molecule has 0 amide bonds. The zero-order valence-electron chi connectivity index (χ0n) is 12.7. The minimum atomic E-state index is -3.46. The van der Waals surface area contributed by atoms with Gasteiger partial charge in [-0.15, -0.1) is 0 Å². The van der Waals surface area contributed by atoms with Crippen LogP contribution in [0.3, 0.4) is 0 Å². The van der Waals surface area contributed by atoms with Crippen molar-refractivity contribution < 1.29 is 13.2 Å². The Labute approximate surface area is 127 Å². The number of sulfonamides is 1. The van der Waals surface area contributed by atoms with E-state index in [9.17, 15) is 8.42 Å². The van der Waals surface area contributed by atoms with Crippen LogP contribution in [0, 0.1) is 5.92 Å². The average molecular weight is 312 g/mol.